The van der Waals surface area contributed by atoms with E-state index in [1.54, 1.807) is 6.33 Å². The third kappa shape index (κ3) is 1.86. The number of anilines is 2. The molecule has 7 heteroatoms. The smallest absolute Gasteiger partial charge is 0.224 e. The minimum Gasteiger partial charge on any atom is -0.388 e. The molecule has 7 nitrogen and oxygen atoms in total. The summed E-state index contributed by atoms with van der Waals surface area (Å²) < 4.78 is 0. The van der Waals surface area contributed by atoms with Crippen molar-refractivity contribution >= 4 is 22.9 Å². The first-order chi connectivity index (χ1) is 8.55. The highest BCUT2D eigenvalue weighted by Crippen LogP contribution is 2.28. The first-order valence-corrected chi connectivity index (χ1v) is 5.99. The average Bonchev–Trinajstić information content (AvgIpc) is 2.74. The van der Waals surface area contributed by atoms with E-state index in [4.69, 9.17) is 5.73 Å². The summed E-state index contributed by atoms with van der Waals surface area (Å²) in [5.74, 6) is 0.921. The molecule has 0 aromatic carbocycles. The Balaban J connectivity index is 2.05. The van der Waals surface area contributed by atoms with Crippen LogP contribution in [0.5, 0.6) is 0 Å². The molecule has 0 radical (unpaired) electrons. The van der Waals surface area contributed by atoms with E-state index >= 15 is 0 Å². The lowest BCUT2D eigenvalue weighted by atomic mass is 9.95. The van der Waals surface area contributed by atoms with Crippen molar-refractivity contribution in [1.29, 1.82) is 0 Å². The van der Waals surface area contributed by atoms with E-state index < -0.39 is 5.60 Å². The normalized spacial score (nSPS) is 24.7. The minimum atomic E-state index is -0.690. The van der Waals surface area contributed by atoms with Crippen LogP contribution < -0.4 is 10.6 Å². The lowest BCUT2D eigenvalue weighted by molar-refractivity contribution is 0.0448. The van der Waals surface area contributed by atoms with Gasteiger partial charge in [0.2, 0.25) is 5.95 Å². The van der Waals surface area contributed by atoms with E-state index in [0.717, 1.165) is 30.7 Å². The van der Waals surface area contributed by atoms with Gasteiger partial charge in [-0.3, -0.25) is 0 Å². The van der Waals surface area contributed by atoms with Gasteiger partial charge in [0.15, 0.2) is 11.5 Å². The molecule has 18 heavy (non-hydrogen) atoms. The Morgan fingerprint density at radius 3 is 3.11 bits per heavy atom. The van der Waals surface area contributed by atoms with Crippen LogP contribution in [0, 0.1) is 0 Å². The van der Waals surface area contributed by atoms with Gasteiger partial charge in [-0.25, -0.2) is 4.98 Å². The van der Waals surface area contributed by atoms with Gasteiger partial charge in [-0.05, 0) is 19.8 Å². The lowest BCUT2D eigenvalue weighted by Crippen LogP contribution is -2.46. The van der Waals surface area contributed by atoms with Crippen molar-refractivity contribution in [3.8, 4) is 0 Å². The largest absolute Gasteiger partial charge is 0.388 e. The molecule has 0 aliphatic carbocycles. The van der Waals surface area contributed by atoms with Gasteiger partial charge in [-0.2, -0.15) is 9.97 Å². The summed E-state index contributed by atoms with van der Waals surface area (Å²) in [5.41, 5.74) is 6.33. The maximum Gasteiger partial charge on any atom is 0.224 e. The number of nitrogens with one attached hydrogen (secondary N) is 1. The van der Waals surface area contributed by atoms with Crippen molar-refractivity contribution < 1.29 is 5.11 Å². The second-order valence-electron chi connectivity index (χ2n) is 5.03. The van der Waals surface area contributed by atoms with E-state index in [-0.39, 0.29) is 5.95 Å². The quantitative estimate of drug-likeness (QED) is 0.670. The zero-order valence-electron chi connectivity index (χ0n) is 10.2. The molecule has 0 saturated carbocycles. The molecular weight excluding hydrogens is 232 g/mol. The molecule has 1 fully saturated rings. The third-order valence-electron chi connectivity index (χ3n) is 3.26. The molecule has 2 aromatic heterocycles. The Hall–Kier alpha value is -1.89. The van der Waals surface area contributed by atoms with E-state index in [2.05, 4.69) is 19.9 Å². The summed E-state index contributed by atoms with van der Waals surface area (Å²) in [6.45, 7) is 3.23. The van der Waals surface area contributed by atoms with Crippen molar-refractivity contribution in [1.82, 2.24) is 19.9 Å². The predicted octanol–water partition coefficient (Wildman–Crippen LogP) is 0.286. The van der Waals surface area contributed by atoms with E-state index in [0.29, 0.717) is 12.2 Å². The molecule has 1 saturated heterocycles. The molecule has 1 atom stereocenters. The lowest BCUT2D eigenvalue weighted by Gasteiger charge is -2.37. The predicted molar refractivity (Wildman–Crippen MR) is 68.2 cm³/mol. The van der Waals surface area contributed by atoms with Crippen molar-refractivity contribution in [2.45, 2.75) is 25.4 Å². The van der Waals surface area contributed by atoms with Crippen LogP contribution >= 0.6 is 0 Å². The van der Waals surface area contributed by atoms with Gasteiger partial charge in [0.25, 0.3) is 0 Å². The monoisotopic (exact) mass is 248 g/mol. The number of nitrogens with two attached hydrogens (primary N) is 1. The number of piperidine rings is 1. The molecule has 3 rings (SSSR count). The molecule has 4 N–H and O–H groups in total. The Labute approximate surface area is 104 Å². The zero-order chi connectivity index (χ0) is 12.8. The maximum atomic E-state index is 10.2. The topological polar surface area (TPSA) is 104 Å². The molecule has 3 heterocycles. The second-order valence-corrected chi connectivity index (χ2v) is 5.03. The van der Waals surface area contributed by atoms with Crippen LogP contribution in [0.3, 0.4) is 0 Å². The molecule has 0 amide bonds. The summed E-state index contributed by atoms with van der Waals surface area (Å²) in [6.07, 6.45) is 3.30. The molecule has 96 valence electrons. The number of fused-ring (bicyclic) bond motifs is 1. The number of β-amino-alcohol motifs (C(OH)–C–C–N with tert-alkyl or cyclic N) is 1. The number of aromatic nitrogens is 4. The van der Waals surface area contributed by atoms with Crippen LogP contribution in [-0.4, -0.2) is 43.7 Å². The van der Waals surface area contributed by atoms with Crippen LogP contribution in [0.15, 0.2) is 6.33 Å². The number of aliphatic hydroxyl groups is 1. The van der Waals surface area contributed by atoms with Crippen LogP contribution in [0.4, 0.5) is 11.8 Å². The second kappa shape index (κ2) is 3.81. The summed E-state index contributed by atoms with van der Waals surface area (Å²) in [6, 6.07) is 0. The molecule has 0 bridgehead atoms. The van der Waals surface area contributed by atoms with E-state index in [1.807, 2.05) is 11.8 Å². The van der Waals surface area contributed by atoms with Crippen LogP contribution in [-0.2, 0) is 0 Å². The highest BCUT2D eigenvalue weighted by atomic mass is 16.3. The zero-order valence-corrected chi connectivity index (χ0v) is 10.2. The number of nitrogens with zero attached hydrogens (tertiary/aromatic N) is 4. The van der Waals surface area contributed by atoms with Crippen LogP contribution in [0.2, 0.25) is 0 Å². The highest BCUT2D eigenvalue weighted by Gasteiger charge is 2.30. The Morgan fingerprint density at radius 2 is 2.33 bits per heavy atom. The van der Waals surface area contributed by atoms with Crippen molar-refractivity contribution in [3.05, 3.63) is 6.33 Å². The van der Waals surface area contributed by atoms with Crippen LogP contribution in [0.1, 0.15) is 19.8 Å². The molecule has 0 spiro atoms. The Kier molecular flexibility index (Phi) is 2.37. The van der Waals surface area contributed by atoms with Gasteiger partial charge >= 0.3 is 0 Å². The van der Waals surface area contributed by atoms with Crippen molar-refractivity contribution in [2.24, 2.45) is 0 Å². The summed E-state index contributed by atoms with van der Waals surface area (Å²) in [7, 11) is 0. The third-order valence-corrected chi connectivity index (χ3v) is 3.26. The molecule has 1 aliphatic heterocycles. The fourth-order valence-corrected chi connectivity index (χ4v) is 2.46. The minimum absolute atomic E-state index is 0.204. The summed E-state index contributed by atoms with van der Waals surface area (Å²) in [4.78, 5) is 17.5. The molecule has 2 aromatic rings. The fourth-order valence-electron chi connectivity index (χ4n) is 2.46. The van der Waals surface area contributed by atoms with Gasteiger partial charge in [0.05, 0.1) is 11.9 Å². The number of rotatable bonds is 1. The van der Waals surface area contributed by atoms with Gasteiger partial charge in [-0.1, -0.05) is 0 Å². The molecular formula is C11H16N6O. The van der Waals surface area contributed by atoms with Gasteiger partial charge in [0, 0.05) is 13.1 Å². The van der Waals surface area contributed by atoms with E-state index in [1.165, 1.54) is 0 Å². The first kappa shape index (κ1) is 11.2. The Morgan fingerprint density at radius 1 is 1.50 bits per heavy atom. The standard InChI is InChI=1S/C11H16N6O/c1-11(18)3-2-4-17(5-11)9-7-8(14-6-13-7)15-10(12)16-9/h6,18H,2-5H2,1H3,(H3,12,13,14,15,16). The summed E-state index contributed by atoms with van der Waals surface area (Å²) >= 11 is 0. The van der Waals surface area contributed by atoms with Gasteiger partial charge in [-0.15, -0.1) is 0 Å². The summed E-state index contributed by atoms with van der Waals surface area (Å²) in [5, 5.41) is 10.2. The Bertz CT molecular complexity index is 578. The van der Waals surface area contributed by atoms with Crippen molar-refractivity contribution in [3.63, 3.8) is 0 Å². The number of imidazole rings is 1. The number of H-pyrrole nitrogens is 1. The molecule has 1 unspecified atom stereocenters. The SMILES string of the molecule is CC1(O)CCCN(c2nc(N)nc3nc[nH]c23)C1. The first-order valence-electron chi connectivity index (χ1n) is 5.99. The van der Waals surface area contributed by atoms with Gasteiger partial charge < -0.3 is 20.7 Å². The maximum absolute atomic E-state index is 10.2. The van der Waals surface area contributed by atoms with Crippen molar-refractivity contribution in [2.75, 3.05) is 23.7 Å². The van der Waals surface area contributed by atoms with Gasteiger partial charge in [0.1, 0.15) is 5.52 Å². The number of hydrogen-bond acceptors (Lipinski definition) is 6. The highest BCUT2D eigenvalue weighted by molar-refractivity contribution is 5.84. The van der Waals surface area contributed by atoms with Crippen LogP contribution in [0.25, 0.3) is 11.2 Å². The van der Waals surface area contributed by atoms with E-state index in [9.17, 15) is 5.11 Å². The number of aromatic amines is 1. The average molecular weight is 248 g/mol. The number of hydrogen-bond donors (Lipinski definition) is 3. The fraction of sp³-hybridized carbons (Fsp3) is 0.545. The number of nitrogen functional groups attached to an aromatic ring is 1. The molecule has 1 aliphatic rings.